The molecule has 0 N–H and O–H groups in total. The second-order valence-corrected chi connectivity index (χ2v) is 4.58. The van der Waals surface area contributed by atoms with Gasteiger partial charge in [-0.1, -0.05) is 27.7 Å². The number of rotatable bonds is 5. The molecule has 1 nitrogen and oxygen atoms in total. The molecule has 0 atom stereocenters. The van der Waals surface area contributed by atoms with E-state index in [0.29, 0.717) is 5.54 Å². The van der Waals surface area contributed by atoms with Crippen molar-refractivity contribution < 1.29 is 0 Å². The van der Waals surface area contributed by atoms with Crippen LogP contribution in [0.5, 0.6) is 0 Å². The molecule has 12 heavy (non-hydrogen) atoms. The first-order valence-electron chi connectivity index (χ1n) is 5.19. The predicted molar refractivity (Wildman–Crippen MR) is 56.5 cm³/mol. The van der Waals surface area contributed by atoms with Crippen LogP contribution in [0.4, 0.5) is 0 Å². The Balaban J connectivity index is 4.14. The lowest BCUT2D eigenvalue weighted by Crippen LogP contribution is -2.44. The van der Waals surface area contributed by atoms with Gasteiger partial charge in [-0.3, -0.25) is 4.90 Å². The summed E-state index contributed by atoms with van der Waals surface area (Å²) in [6, 6.07) is 0. The largest absolute Gasteiger partial charge is 0.299 e. The fourth-order valence-corrected chi connectivity index (χ4v) is 2.21. The Morgan fingerprint density at radius 3 is 1.75 bits per heavy atom. The molecule has 0 aliphatic heterocycles. The van der Waals surface area contributed by atoms with Gasteiger partial charge in [-0.05, 0) is 39.3 Å². The van der Waals surface area contributed by atoms with Crippen LogP contribution in [0.15, 0.2) is 0 Å². The summed E-state index contributed by atoms with van der Waals surface area (Å²) in [6.07, 6.45) is 1.29. The molecule has 0 aromatic heterocycles. The molecule has 0 amide bonds. The van der Waals surface area contributed by atoms with Crippen molar-refractivity contribution in [2.24, 2.45) is 5.92 Å². The van der Waals surface area contributed by atoms with Crippen molar-refractivity contribution in [1.29, 1.82) is 0 Å². The highest BCUT2D eigenvalue weighted by molar-refractivity contribution is 4.80. The zero-order valence-electron chi connectivity index (χ0n) is 9.65. The summed E-state index contributed by atoms with van der Waals surface area (Å²) in [4.78, 5) is 2.53. The van der Waals surface area contributed by atoms with E-state index in [1.54, 1.807) is 0 Å². The Morgan fingerprint density at radius 1 is 1.08 bits per heavy atom. The Bertz CT molecular complexity index is 112. The highest BCUT2D eigenvalue weighted by atomic mass is 15.2. The summed E-state index contributed by atoms with van der Waals surface area (Å²) < 4.78 is 0. The van der Waals surface area contributed by atoms with Crippen molar-refractivity contribution in [3.63, 3.8) is 0 Å². The minimum atomic E-state index is 0.373. The zero-order valence-corrected chi connectivity index (χ0v) is 9.65. The number of nitrogens with zero attached hydrogens (tertiary/aromatic N) is 1. The summed E-state index contributed by atoms with van der Waals surface area (Å²) in [5.74, 6) is 0.792. The molecule has 0 heterocycles. The van der Waals surface area contributed by atoms with Crippen molar-refractivity contribution in [1.82, 2.24) is 4.90 Å². The second kappa shape index (κ2) is 4.86. The van der Waals surface area contributed by atoms with Gasteiger partial charge in [0.25, 0.3) is 0 Å². The third kappa shape index (κ3) is 3.57. The number of hydrogen-bond acceptors (Lipinski definition) is 1. The third-order valence-corrected chi connectivity index (χ3v) is 2.53. The average Bonchev–Trinajstić information content (AvgIpc) is 1.85. The molecule has 0 radical (unpaired) electrons. The van der Waals surface area contributed by atoms with Crippen molar-refractivity contribution in [3.8, 4) is 0 Å². The van der Waals surface area contributed by atoms with E-state index in [0.717, 1.165) is 19.0 Å². The maximum Gasteiger partial charge on any atom is 0.0155 e. The van der Waals surface area contributed by atoms with Crippen LogP contribution in [0.3, 0.4) is 0 Å². The molecule has 0 fully saturated rings. The van der Waals surface area contributed by atoms with Crippen LogP contribution in [0.25, 0.3) is 0 Å². The van der Waals surface area contributed by atoms with Crippen LogP contribution in [0.1, 0.15) is 48.0 Å². The van der Waals surface area contributed by atoms with E-state index < -0.39 is 0 Å². The van der Waals surface area contributed by atoms with Crippen LogP contribution < -0.4 is 0 Å². The standard InChI is InChI=1S/C11H25N/c1-7-12(8-2)11(5,6)9-10(3)4/h10H,7-9H2,1-6H3. The molecule has 0 aromatic rings. The van der Waals surface area contributed by atoms with Gasteiger partial charge in [0.2, 0.25) is 0 Å². The molecule has 0 saturated carbocycles. The van der Waals surface area contributed by atoms with Gasteiger partial charge < -0.3 is 0 Å². The fraction of sp³-hybridized carbons (Fsp3) is 1.00. The summed E-state index contributed by atoms with van der Waals surface area (Å²) >= 11 is 0. The monoisotopic (exact) mass is 171 g/mol. The average molecular weight is 171 g/mol. The second-order valence-electron chi connectivity index (χ2n) is 4.58. The number of hydrogen-bond donors (Lipinski definition) is 0. The molecule has 0 aliphatic carbocycles. The van der Waals surface area contributed by atoms with Gasteiger partial charge in [-0.2, -0.15) is 0 Å². The quantitative estimate of drug-likeness (QED) is 0.614. The van der Waals surface area contributed by atoms with E-state index in [4.69, 9.17) is 0 Å². The van der Waals surface area contributed by atoms with Gasteiger partial charge in [-0.15, -0.1) is 0 Å². The van der Waals surface area contributed by atoms with Gasteiger partial charge in [-0.25, -0.2) is 0 Å². The van der Waals surface area contributed by atoms with Crippen LogP contribution in [0, 0.1) is 5.92 Å². The summed E-state index contributed by atoms with van der Waals surface area (Å²) in [5.41, 5.74) is 0.373. The van der Waals surface area contributed by atoms with Crippen LogP contribution in [0.2, 0.25) is 0 Å². The van der Waals surface area contributed by atoms with Gasteiger partial charge in [0, 0.05) is 5.54 Å². The topological polar surface area (TPSA) is 3.24 Å². The molecule has 0 bridgehead atoms. The Kier molecular flexibility index (Phi) is 4.84. The van der Waals surface area contributed by atoms with Gasteiger partial charge in [0.05, 0.1) is 0 Å². The van der Waals surface area contributed by atoms with Crippen LogP contribution in [-0.2, 0) is 0 Å². The molecular formula is C11H25N. The summed E-state index contributed by atoms with van der Waals surface area (Å²) in [5, 5.41) is 0. The van der Waals surface area contributed by atoms with Crippen molar-refractivity contribution in [2.75, 3.05) is 13.1 Å². The first kappa shape index (κ1) is 12.0. The molecule has 0 spiro atoms. The lowest BCUT2D eigenvalue weighted by atomic mass is 9.91. The Labute approximate surface area is 78.1 Å². The minimum absolute atomic E-state index is 0.373. The predicted octanol–water partition coefficient (Wildman–Crippen LogP) is 3.15. The molecule has 0 aromatic carbocycles. The van der Waals surface area contributed by atoms with E-state index in [-0.39, 0.29) is 0 Å². The third-order valence-electron chi connectivity index (χ3n) is 2.53. The van der Waals surface area contributed by atoms with Crippen molar-refractivity contribution in [2.45, 2.75) is 53.5 Å². The molecule has 0 aliphatic rings. The van der Waals surface area contributed by atoms with E-state index in [1.165, 1.54) is 6.42 Å². The zero-order chi connectivity index (χ0) is 9.78. The Hall–Kier alpha value is -0.0400. The molecule has 0 rings (SSSR count). The highest BCUT2D eigenvalue weighted by Gasteiger charge is 2.24. The van der Waals surface area contributed by atoms with Crippen LogP contribution >= 0.6 is 0 Å². The first-order chi connectivity index (χ1) is 5.44. The van der Waals surface area contributed by atoms with E-state index in [2.05, 4.69) is 46.4 Å². The van der Waals surface area contributed by atoms with Crippen molar-refractivity contribution in [3.05, 3.63) is 0 Å². The Morgan fingerprint density at radius 2 is 1.50 bits per heavy atom. The summed E-state index contributed by atoms with van der Waals surface area (Å²) in [6.45, 7) is 16.1. The normalized spacial score (nSPS) is 13.0. The first-order valence-corrected chi connectivity index (χ1v) is 5.19. The SMILES string of the molecule is CCN(CC)C(C)(C)CC(C)C. The summed E-state index contributed by atoms with van der Waals surface area (Å²) in [7, 11) is 0. The van der Waals surface area contributed by atoms with Crippen molar-refractivity contribution >= 4 is 0 Å². The smallest absolute Gasteiger partial charge is 0.0155 e. The van der Waals surface area contributed by atoms with E-state index in [1.807, 2.05) is 0 Å². The molecule has 1 heteroatoms. The highest BCUT2D eigenvalue weighted by Crippen LogP contribution is 2.22. The van der Waals surface area contributed by atoms with E-state index in [9.17, 15) is 0 Å². The van der Waals surface area contributed by atoms with Gasteiger partial charge in [0.15, 0.2) is 0 Å². The van der Waals surface area contributed by atoms with E-state index >= 15 is 0 Å². The lowest BCUT2D eigenvalue weighted by Gasteiger charge is -2.38. The maximum atomic E-state index is 2.53. The molecule has 74 valence electrons. The van der Waals surface area contributed by atoms with Crippen LogP contribution in [-0.4, -0.2) is 23.5 Å². The minimum Gasteiger partial charge on any atom is -0.299 e. The van der Waals surface area contributed by atoms with Gasteiger partial charge in [0.1, 0.15) is 0 Å². The lowest BCUT2D eigenvalue weighted by molar-refractivity contribution is 0.111. The van der Waals surface area contributed by atoms with Gasteiger partial charge >= 0.3 is 0 Å². The fourth-order valence-electron chi connectivity index (χ4n) is 2.21. The molecular weight excluding hydrogens is 146 g/mol. The molecule has 0 saturated heterocycles. The maximum absolute atomic E-state index is 2.53. The molecule has 0 unspecified atom stereocenters.